The molecule has 0 radical (unpaired) electrons. The van der Waals surface area contributed by atoms with Crippen LogP contribution in [0.4, 0.5) is 43.9 Å². The summed E-state index contributed by atoms with van der Waals surface area (Å²) in [4.78, 5) is 11.8. The van der Waals surface area contributed by atoms with Crippen LogP contribution < -0.4 is 0 Å². The average molecular weight is 490 g/mol. The molecule has 3 atom stereocenters. The van der Waals surface area contributed by atoms with Crippen LogP contribution in [-0.4, -0.2) is 52.3 Å². The van der Waals surface area contributed by atoms with Gasteiger partial charge in [-0.15, -0.1) is 0 Å². The van der Waals surface area contributed by atoms with Crippen molar-refractivity contribution in [3.05, 3.63) is 12.2 Å². The molecule has 0 aromatic carbocycles. The molecule has 1 heterocycles. The fraction of sp³-hybridized carbons (Fsp3) is 0.833. The Kier molecular flexibility index (Phi) is 6.23. The Morgan fingerprint density at radius 2 is 1.44 bits per heavy atom. The number of alkyl halides is 10. The summed E-state index contributed by atoms with van der Waals surface area (Å²) in [6, 6.07) is 0. The number of hydrogen-bond acceptors (Lipinski definition) is 4. The number of esters is 1. The molecule has 0 spiro atoms. The molecule has 1 saturated heterocycles. The molecule has 1 aliphatic carbocycles. The van der Waals surface area contributed by atoms with Crippen molar-refractivity contribution >= 4 is 5.97 Å². The van der Waals surface area contributed by atoms with E-state index in [-0.39, 0.29) is 19.3 Å². The Balaban J connectivity index is 2.97. The summed E-state index contributed by atoms with van der Waals surface area (Å²) in [5.41, 5.74) is -11.3. The van der Waals surface area contributed by atoms with Gasteiger partial charge < -0.3 is 14.6 Å². The van der Waals surface area contributed by atoms with Crippen molar-refractivity contribution in [3.63, 3.8) is 0 Å². The summed E-state index contributed by atoms with van der Waals surface area (Å²) in [6.07, 6.45) is -14.7. The molecule has 0 amide bonds. The van der Waals surface area contributed by atoms with Gasteiger partial charge in [0.2, 0.25) is 11.2 Å². The number of halogens is 10. The van der Waals surface area contributed by atoms with Crippen LogP contribution in [0.15, 0.2) is 12.2 Å². The van der Waals surface area contributed by atoms with Crippen molar-refractivity contribution in [2.45, 2.75) is 87.1 Å². The van der Waals surface area contributed by atoms with E-state index in [1.165, 1.54) is 0 Å². The van der Waals surface area contributed by atoms with E-state index in [1.54, 1.807) is 0 Å². The van der Waals surface area contributed by atoms with E-state index >= 15 is 8.78 Å². The van der Waals surface area contributed by atoms with Crippen LogP contribution in [0.3, 0.4) is 0 Å². The number of rotatable bonds is 3. The molecule has 2 fully saturated rings. The van der Waals surface area contributed by atoms with Crippen LogP contribution in [0, 0.1) is 5.92 Å². The van der Waals surface area contributed by atoms with Gasteiger partial charge in [0.15, 0.2) is 0 Å². The second-order valence-electron chi connectivity index (χ2n) is 8.16. The largest absolute Gasteiger partial charge is 0.449 e. The number of carbonyl (C=O) groups excluding carboxylic acids is 1. The maximum atomic E-state index is 15.6. The molecule has 32 heavy (non-hydrogen) atoms. The van der Waals surface area contributed by atoms with Gasteiger partial charge in [0.25, 0.3) is 0 Å². The quantitative estimate of drug-likeness (QED) is 0.332. The summed E-state index contributed by atoms with van der Waals surface area (Å²) in [6.45, 7) is 3.16. The number of ether oxygens (including phenoxy) is 2. The van der Waals surface area contributed by atoms with Gasteiger partial charge in [0, 0.05) is 11.5 Å². The molecule has 1 aliphatic heterocycles. The predicted molar refractivity (Wildman–Crippen MR) is 86.7 cm³/mol. The summed E-state index contributed by atoms with van der Waals surface area (Å²) < 4.78 is 152. The SMILES string of the molecule is C=C(C)C(=O)OC1(C)C(F)(F)C(O)(C(F)(F)F)OC(C2CCCCC2)(C(F)(F)F)C1(F)F. The van der Waals surface area contributed by atoms with Crippen LogP contribution in [0.5, 0.6) is 0 Å². The van der Waals surface area contributed by atoms with Crippen LogP contribution in [0.1, 0.15) is 46.0 Å². The first-order chi connectivity index (χ1) is 14.1. The summed E-state index contributed by atoms with van der Waals surface area (Å²) in [7, 11) is 0. The highest BCUT2D eigenvalue weighted by Crippen LogP contribution is 2.68. The van der Waals surface area contributed by atoms with E-state index in [4.69, 9.17) is 0 Å². The number of carbonyl (C=O) groups is 1. The standard InChI is InChI=1S/C18H20F10O4/c1-9(2)11(29)31-12(3)14(19,20)13(17(23,24)25,10-7-5-4-6-8-10)32-16(30,15(12,21)22)18(26,27)28/h10,30H,1,4-8H2,2-3H3. The molecule has 1 N–H and O–H groups in total. The van der Waals surface area contributed by atoms with Gasteiger partial charge in [-0.3, -0.25) is 0 Å². The Labute approximate surface area is 175 Å². The second-order valence-corrected chi connectivity index (χ2v) is 8.16. The predicted octanol–water partition coefficient (Wildman–Crippen LogP) is 5.30. The molecular weight excluding hydrogens is 470 g/mol. The highest BCUT2D eigenvalue weighted by atomic mass is 19.4. The van der Waals surface area contributed by atoms with Crippen molar-refractivity contribution < 1.29 is 63.3 Å². The molecular formula is C18H20F10O4. The van der Waals surface area contributed by atoms with E-state index in [9.17, 15) is 45.0 Å². The molecule has 2 aliphatic rings. The topological polar surface area (TPSA) is 55.8 Å². The molecule has 4 nitrogen and oxygen atoms in total. The third kappa shape index (κ3) is 3.23. The zero-order valence-corrected chi connectivity index (χ0v) is 16.8. The van der Waals surface area contributed by atoms with Gasteiger partial charge in [0.1, 0.15) is 0 Å². The van der Waals surface area contributed by atoms with Crippen molar-refractivity contribution in [3.8, 4) is 0 Å². The average Bonchev–Trinajstić information content (AvgIpc) is 2.62. The molecule has 3 unspecified atom stereocenters. The zero-order chi connectivity index (χ0) is 25.2. The zero-order valence-electron chi connectivity index (χ0n) is 16.8. The lowest BCUT2D eigenvalue weighted by Gasteiger charge is -2.61. The summed E-state index contributed by atoms with van der Waals surface area (Å²) in [5, 5.41) is 9.84. The van der Waals surface area contributed by atoms with E-state index in [2.05, 4.69) is 16.1 Å². The number of hydrogen-bond donors (Lipinski definition) is 1. The summed E-state index contributed by atoms with van der Waals surface area (Å²) in [5.74, 6) is -22.9. The molecule has 0 aromatic heterocycles. The highest BCUT2D eigenvalue weighted by molar-refractivity contribution is 5.87. The minimum Gasteiger partial charge on any atom is -0.443 e. The Bertz CT molecular complexity index is 771. The maximum absolute atomic E-state index is 15.6. The fourth-order valence-corrected chi connectivity index (χ4v) is 4.19. The lowest BCUT2D eigenvalue weighted by Crippen LogP contribution is -2.88. The fourth-order valence-electron chi connectivity index (χ4n) is 4.19. The Hall–Kier alpha value is -1.57. The lowest BCUT2D eigenvalue weighted by molar-refractivity contribution is -0.563. The normalized spacial score (nSPS) is 35.9. The minimum absolute atomic E-state index is 0.148. The first kappa shape index (κ1) is 26.7. The van der Waals surface area contributed by atoms with Crippen molar-refractivity contribution in [2.24, 2.45) is 5.92 Å². The van der Waals surface area contributed by atoms with Gasteiger partial charge in [-0.25, -0.2) is 4.79 Å². The smallest absolute Gasteiger partial charge is 0.443 e. The maximum Gasteiger partial charge on any atom is 0.449 e. The van der Waals surface area contributed by atoms with E-state index in [0.29, 0.717) is 0 Å². The van der Waals surface area contributed by atoms with Gasteiger partial charge in [-0.05, 0) is 26.7 Å². The Morgan fingerprint density at radius 3 is 1.81 bits per heavy atom. The first-order valence-corrected chi connectivity index (χ1v) is 9.34. The van der Waals surface area contributed by atoms with Gasteiger partial charge >= 0.3 is 36.0 Å². The highest BCUT2D eigenvalue weighted by Gasteiger charge is 2.96. The molecule has 1 saturated carbocycles. The third-order valence-electron chi connectivity index (χ3n) is 6.03. The van der Waals surface area contributed by atoms with Crippen LogP contribution in [0.2, 0.25) is 0 Å². The molecule has 2 rings (SSSR count). The van der Waals surface area contributed by atoms with Crippen LogP contribution in [-0.2, 0) is 14.3 Å². The third-order valence-corrected chi connectivity index (χ3v) is 6.03. The molecule has 0 bridgehead atoms. The van der Waals surface area contributed by atoms with Gasteiger partial charge in [-0.2, -0.15) is 43.9 Å². The van der Waals surface area contributed by atoms with Crippen LogP contribution >= 0.6 is 0 Å². The van der Waals surface area contributed by atoms with E-state index in [1.807, 2.05) is 0 Å². The van der Waals surface area contributed by atoms with Gasteiger partial charge in [-0.1, -0.05) is 25.8 Å². The van der Waals surface area contributed by atoms with Crippen LogP contribution in [0.25, 0.3) is 0 Å². The van der Waals surface area contributed by atoms with E-state index < -0.39 is 78.4 Å². The van der Waals surface area contributed by atoms with Crippen molar-refractivity contribution in [1.82, 2.24) is 0 Å². The van der Waals surface area contributed by atoms with Crippen molar-refractivity contribution in [1.29, 1.82) is 0 Å². The lowest BCUT2D eigenvalue weighted by atomic mass is 9.64. The first-order valence-electron chi connectivity index (χ1n) is 9.34. The Morgan fingerprint density at radius 1 is 0.969 bits per heavy atom. The van der Waals surface area contributed by atoms with Crippen molar-refractivity contribution in [2.75, 3.05) is 0 Å². The second kappa shape index (κ2) is 7.47. The van der Waals surface area contributed by atoms with Gasteiger partial charge in [0.05, 0.1) is 0 Å². The molecule has 14 heteroatoms. The molecule has 0 aromatic rings. The number of aliphatic hydroxyl groups is 1. The molecule has 186 valence electrons. The monoisotopic (exact) mass is 490 g/mol. The summed E-state index contributed by atoms with van der Waals surface area (Å²) >= 11 is 0. The van der Waals surface area contributed by atoms with E-state index in [0.717, 1.165) is 6.92 Å². The minimum atomic E-state index is -6.70.